The van der Waals surface area contributed by atoms with E-state index in [2.05, 4.69) is 10.4 Å². The molecule has 0 saturated heterocycles. The Kier molecular flexibility index (Phi) is 3.36. The fraction of sp³-hybridized carbons (Fsp3) is 0. The first-order valence-electron chi connectivity index (χ1n) is 5.29. The number of nitriles is 1. The van der Waals surface area contributed by atoms with Crippen molar-refractivity contribution in [1.29, 1.82) is 5.26 Å². The number of aromatic nitrogens is 1. The third-order valence-corrected chi connectivity index (χ3v) is 2.53. The fourth-order valence-corrected chi connectivity index (χ4v) is 1.66. The van der Waals surface area contributed by atoms with E-state index in [1.807, 2.05) is 6.07 Å². The van der Waals surface area contributed by atoms with E-state index in [4.69, 9.17) is 11.1 Å². The lowest BCUT2D eigenvalue weighted by atomic mass is 10.1. The zero-order valence-corrected chi connectivity index (χ0v) is 9.70. The van der Waals surface area contributed by atoms with Gasteiger partial charge in [0.1, 0.15) is 6.07 Å². The predicted molar refractivity (Wildman–Crippen MR) is 68.9 cm³/mol. The number of nitro groups is 1. The summed E-state index contributed by atoms with van der Waals surface area (Å²) in [4.78, 5) is 14.6. The van der Waals surface area contributed by atoms with Crippen LogP contribution in [-0.4, -0.2) is 9.91 Å². The van der Waals surface area contributed by atoms with Gasteiger partial charge in [-0.15, -0.1) is 0 Å². The quantitative estimate of drug-likeness (QED) is 0.490. The molecule has 0 saturated carbocycles. The van der Waals surface area contributed by atoms with Gasteiger partial charge in [-0.1, -0.05) is 12.1 Å². The second-order valence-electron chi connectivity index (χ2n) is 3.62. The molecule has 0 bridgehead atoms. The molecule has 19 heavy (non-hydrogen) atoms. The first-order chi connectivity index (χ1) is 9.17. The summed E-state index contributed by atoms with van der Waals surface area (Å²) in [6.45, 7) is 0. The van der Waals surface area contributed by atoms with Gasteiger partial charge in [-0.25, -0.2) is 10.8 Å². The average molecular weight is 255 g/mol. The monoisotopic (exact) mass is 255 g/mol. The van der Waals surface area contributed by atoms with E-state index in [0.717, 1.165) is 0 Å². The van der Waals surface area contributed by atoms with Crippen LogP contribution in [0.15, 0.2) is 36.4 Å². The minimum atomic E-state index is -0.481. The number of nitrogens with two attached hydrogens (primary N) is 1. The molecule has 0 aliphatic carbocycles. The maximum Gasteiger partial charge on any atom is 0.278 e. The van der Waals surface area contributed by atoms with Crippen LogP contribution in [0.4, 0.5) is 11.5 Å². The molecule has 0 atom stereocenters. The van der Waals surface area contributed by atoms with Gasteiger partial charge in [0, 0.05) is 6.07 Å². The molecule has 7 nitrogen and oxygen atoms in total. The third-order valence-electron chi connectivity index (χ3n) is 2.53. The Bertz CT molecular complexity index is 678. The third kappa shape index (κ3) is 2.34. The summed E-state index contributed by atoms with van der Waals surface area (Å²) in [5.41, 5.74) is 3.26. The summed E-state index contributed by atoms with van der Waals surface area (Å²) in [6, 6.07) is 11.2. The SMILES string of the molecule is N#Cc1ccc(-c2ccccc2[N+](=O)[O-])nc1NN. The number of nitrogens with one attached hydrogen (secondary N) is 1. The van der Waals surface area contributed by atoms with Crippen LogP contribution in [0.1, 0.15) is 5.56 Å². The summed E-state index contributed by atoms with van der Waals surface area (Å²) in [6.07, 6.45) is 0. The molecule has 94 valence electrons. The van der Waals surface area contributed by atoms with Crippen molar-refractivity contribution in [2.75, 3.05) is 5.43 Å². The Morgan fingerprint density at radius 3 is 2.68 bits per heavy atom. The van der Waals surface area contributed by atoms with Gasteiger partial charge in [-0.2, -0.15) is 5.26 Å². The minimum Gasteiger partial charge on any atom is -0.307 e. The van der Waals surface area contributed by atoms with Gasteiger partial charge in [0.25, 0.3) is 5.69 Å². The van der Waals surface area contributed by atoms with E-state index in [1.54, 1.807) is 24.3 Å². The lowest BCUT2D eigenvalue weighted by Crippen LogP contribution is -2.10. The van der Waals surface area contributed by atoms with Crippen molar-refractivity contribution in [3.63, 3.8) is 0 Å². The Morgan fingerprint density at radius 1 is 1.32 bits per heavy atom. The number of para-hydroxylation sites is 1. The lowest BCUT2D eigenvalue weighted by Gasteiger charge is -2.06. The Hall–Kier alpha value is -2.98. The lowest BCUT2D eigenvalue weighted by molar-refractivity contribution is -0.384. The fourth-order valence-electron chi connectivity index (χ4n) is 1.66. The van der Waals surface area contributed by atoms with Crippen LogP contribution in [0.2, 0.25) is 0 Å². The van der Waals surface area contributed by atoms with E-state index in [9.17, 15) is 10.1 Å². The van der Waals surface area contributed by atoms with Gasteiger partial charge >= 0.3 is 0 Å². The van der Waals surface area contributed by atoms with E-state index in [1.165, 1.54) is 12.1 Å². The molecule has 1 aromatic heterocycles. The van der Waals surface area contributed by atoms with Crippen LogP contribution >= 0.6 is 0 Å². The number of nitro benzene ring substituents is 1. The van der Waals surface area contributed by atoms with E-state index < -0.39 is 4.92 Å². The van der Waals surface area contributed by atoms with Crippen molar-refractivity contribution in [3.8, 4) is 17.3 Å². The predicted octanol–water partition coefficient (Wildman–Crippen LogP) is 1.81. The van der Waals surface area contributed by atoms with Crippen LogP contribution in [0, 0.1) is 21.4 Å². The van der Waals surface area contributed by atoms with Crippen molar-refractivity contribution >= 4 is 11.5 Å². The maximum atomic E-state index is 11.0. The molecular weight excluding hydrogens is 246 g/mol. The largest absolute Gasteiger partial charge is 0.307 e. The summed E-state index contributed by atoms with van der Waals surface area (Å²) >= 11 is 0. The van der Waals surface area contributed by atoms with Crippen molar-refractivity contribution in [2.45, 2.75) is 0 Å². The number of anilines is 1. The Labute approximate surface area is 108 Å². The van der Waals surface area contributed by atoms with E-state index >= 15 is 0 Å². The normalized spacial score (nSPS) is 9.68. The first-order valence-corrected chi connectivity index (χ1v) is 5.29. The molecule has 0 fully saturated rings. The average Bonchev–Trinajstić information content (AvgIpc) is 2.46. The van der Waals surface area contributed by atoms with Crippen LogP contribution in [0.25, 0.3) is 11.3 Å². The van der Waals surface area contributed by atoms with Crippen molar-refractivity contribution in [3.05, 3.63) is 52.1 Å². The van der Waals surface area contributed by atoms with E-state index in [-0.39, 0.29) is 17.1 Å². The molecule has 3 N–H and O–H groups in total. The highest BCUT2D eigenvalue weighted by atomic mass is 16.6. The number of hydrogen-bond donors (Lipinski definition) is 2. The van der Waals surface area contributed by atoms with Crippen LogP contribution < -0.4 is 11.3 Å². The molecule has 0 spiro atoms. The van der Waals surface area contributed by atoms with Crippen molar-refractivity contribution in [1.82, 2.24) is 4.98 Å². The van der Waals surface area contributed by atoms with Crippen molar-refractivity contribution in [2.24, 2.45) is 5.84 Å². The van der Waals surface area contributed by atoms with Crippen molar-refractivity contribution < 1.29 is 4.92 Å². The number of benzene rings is 1. The van der Waals surface area contributed by atoms with Gasteiger partial charge in [0.05, 0.1) is 21.7 Å². The molecule has 2 aromatic rings. The number of pyridine rings is 1. The zero-order valence-electron chi connectivity index (χ0n) is 9.70. The molecule has 0 amide bonds. The van der Waals surface area contributed by atoms with Crippen LogP contribution in [0.5, 0.6) is 0 Å². The summed E-state index contributed by atoms with van der Waals surface area (Å²) < 4.78 is 0. The Balaban J connectivity index is 2.60. The molecule has 7 heteroatoms. The van der Waals surface area contributed by atoms with Crippen LogP contribution in [0.3, 0.4) is 0 Å². The molecule has 0 radical (unpaired) electrons. The van der Waals surface area contributed by atoms with Gasteiger partial charge in [-0.05, 0) is 18.2 Å². The number of hydrazine groups is 1. The Morgan fingerprint density at radius 2 is 2.05 bits per heavy atom. The highest BCUT2D eigenvalue weighted by Crippen LogP contribution is 2.29. The highest BCUT2D eigenvalue weighted by molar-refractivity contribution is 5.72. The van der Waals surface area contributed by atoms with Gasteiger partial charge < -0.3 is 5.43 Å². The van der Waals surface area contributed by atoms with Gasteiger partial charge in [-0.3, -0.25) is 10.1 Å². The maximum absolute atomic E-state index is 11.0. The standard InChI is InChI=1S/C12H9N5O2/c13-7-8-5-6-10(15-12(8)16-14)9-3-1-2-4-11(9)17(18)19/h1-6H,14H2,(H,15,16). The number of nitrogen functional groups attached to an aromatic ring is 1. The van der Waals surface area contributed by atoms with Gasteiger partial charge in [0.2, 0.25) is 0 Å². The summed E-state index contributed by atoms with van der Waals surface area (Å²) in [5, 5.41) is 19.8. The first kappa shape index (κ1) is 12.5. The van der Waals surface area contributed by atoms with E-state index in [0.29, 0.717) is 11.3 Å². The van der Waals surface area contributed by atoms with Gasteiger partial charge in [0.15, 0.2) is 5.82 Å². The smallest absolute Gasteiger partial charge is 0.278 e. The number of hydrogen-bond acceptors (Lipinski definition) is 6. The molecule has 2 rings (SSSR count). The molecule has 0 aliphatic heterocycles. The molecule has 1 heterocycles. The van der Waals surface area contributed by atoms with Crippen LogP contribution in [-0.2, 0) is 0 Å². The minimum absolute atomic E-state index is 0.0531. The molecule has 0 unspecified atom stereocenters. The summed E-state index contributed by atoms with van der Waals surface area (Å²) in [5.74, 6) is 5.45. The second kappa shape index (κ2) is 5.12. The highest BCUT2D eigenvalue weighted by Gasteiger charge is 2.16. The topological polar surface area (TPSA) is 118 Å². The molecule has 1 aromatic carbocycles. The second-order valence-corrected chi connectivity index (χ2v) is 3.62. The number of rotatable bonds is 3. The molecular formula is C12H9N5O2. The molecule has 0 aliphatic rings. The zero-order chi connectivity index (χ0) is 13.8. The summed E-state index contributed by atoms with van der Waals surface area (Å²) in [7, 11) is 0. The number of nitrogens with zero attached hydrogens (tertiary/aromatic N) is 3.